The first kappa shape index (κ1) is 8.01. The van der Waals surface area contributed by atoms with Crippen LogP contribution in [0, 0.1) is 5.82 Å². The molecule has 0 bridgehead atoms. The number of halogens is 3. The fourth-order valence-corrected chi connectivity index (χ4v) is 1.71. The van der Waals surface area contributed by atoms with Crippen LogP contribution >= 0.6 is 27.5 Å². The number of rotatable bonds is 0. The predicted octanol–water partition coefficient (Wildman–Crippen LogP) is 3.12. The highest BCUT2D eigenvalue weighted by Crippen LogP contribution is 2.30. The number of aromatic amines is 1. The first-order valence-corrected chi connectivity index (χ1v) is 4.34. The Bertz CT molecular complexity index is 440. The number of hydrogen-bond donors (Lipinski definition) is 1. The number of nitrogens with one attached hydrogen (secondary N) is 1. The molecule has 0 saturated heterocycles. The number of aromatic nitrogens is 2. The molecule has 0 amide bonds. The number of hydrogen-bond acceptors (Lipinski definition) is 1. The summed E-state index contributed by atoms with van der Waals surface area (Å²) in [5, 5.41) is 7.23. The van der Waals surface area contributed by atoms with Crippen LogP contribution in [-0.2, 0) is 0 Å². The van der Waals surface area contributed by atoms with Crippen molar-refractivity contribution in [1.29, 1.82) is 0 Å². The van der Waals surface area contributed by atoms with E-state index in [0.717, 1.165) is 5.39 Å². The molecule has 62 valence electrons. The Morgan fingerprint density at radius 1 is 1.58 bits per heavy atom. The molecular formula is C7H3BrClFN2. The highest BCUT2D eigenvalue weighted by molar-refractivity contribution is 9.10. The monoisotopic (exact) mass is 248 g/mol. The van der Waals surface area contributed by atoms with Crippen LogP contribution in [0.4, 0.5) is 4.39 Å². The molecule has 0 fully saturated rings. The Kier molecular flexibility index (Phi) is 1.81. The zero-order chi connectivity index (χ0) is 8.72. The third-order valence-electron chi connectivity index (χ3n) is 1.58. The molecule has 1 heterocycles. The summed E-state index contributed by atoms with van der Waals surface area (Å²) in [5.41, 5.74) is 0.517. The van der Waals surface area contributed by atoms with E-state index in [1.54, 1.807) is 6.20 Å². The Balaban J connectivity index is 2.97. The van der Waals surface area contributed by atoms with Gasteiger partial charge in [0, 0.05) is 9.86 Å². The van der Waals surface area contributed by atoms with Crippen LogP contribution in [0.3, 0.4) is 0 Å². The minimum Gasteiger partial charge on any atom is -0.276 e. The van der Waals surface area contributed by atoms with Gasteiger partial charge in [0.05, 0.1) is 11.7 Å². The van der Waals surface area contributed by atoms with E-state index in [4.69, 9.17) is 11.6 Å². The summed E-state index contributed by atoms with van der Waals surface area (Å²) < 4.78 is 13.6. The van der Waals surface area contributed by atoms with Gasteiger partial charge in [-0.2, -0.15) is 5.10 Å². The molecule has 0 saturated carbocycles. The molecule has 1 aromatic heterocycles. The Morgan fingerprint density at radius 3 is 3.08 bits per heavy atom. The molecule has 12 heavy (non-hydrogen) atoms. The molecular weight excluding hydrogens is 246 g/mol. The van der Waals surface area contributed by atoms with Crippen molar-refractivity contribution in [3.63, 3.8) is 0 Å². The van der Waals surface area contributed by atoms with Gasteiger partial charge in [-0.05, 0) is 22.0 Å². The zero-order valence-electron chi connectivity index (χ0n) is 5.74. The molecule has 1 aromatic carbocycles. The van der Waals surface area contributed by atoms with Crippen molar-refractivity contribution in [1.82, 2.24) is 10.2 Å². The highest BCUT2D eigenvalue weighted by Gasteiger charge is 2.09. The van der Waals surface area contributed by atoms with Crippen LogP contribution in [0.2, 0.25) is 5.02 Å². The van der Waals surface area contributed by atoms with Crippen molar-refractivity contribution < 1.29 is 4.39 Å². The summed E-state index contributed by atoms with van der Waals surface area (Å²) in [6, 6.07) is 1.32. The minimum atomic E-state index is -0.458. The molecule has 0 aliphatic rings. The maximum absolute atomic E-state index is 13.0. The Hall–Kier alpha value is -0.610. The number of benzene rings is 1. The van der Waals surface area contributed by atoms with Crippen molar-refractivity contribution in [3.8, 4) is 0 Å². The smallest absolute Gasteiger partial charge is 0.145 e. The van der Waals surface area contributed by atoms with Gasteiger partial charge in [0.1, 0.15) is 10.8 Å². The van der Waals surface area contributed by atoms with Gasteiger partial charge >= 0.3 is 0 Å². The summed E-state index contributed by atoms with van der Waals surface area (Å²) in [7, 11) is 0. The molecule has 0 spiro atoms. The standard InChI is InChI=1S/C7H3BrClFN2/c8-4-1-5(10)6(9)7-3(4)2-11-12-7/h1-2H,(H,11,12). The molecule has 0 atom stereocenters. The van der Waals surface area contributed by atoms with Gasteiger partial charge in [0.25, 0.3) is 0 Å². The maximum Gasteiger partial charge on any atom is 0.145 e. The first-order chi connectivity index (χ1) is 5.70. The average Bonchev–Trinajstić information content (AvgIpc) is 2.48. The lowest BCUT2D eigenvalue weighted by Crippen LogP contribution is -1.80. The lowest BCUT2D eigenvalue weighted by atomic mass is 10.2. The summed E-state index contributed by atoms with van der Waals surface area (Å²) in [6.07, 6.45) is 1.59. The van der Waals surface area contributed by atoms with E-state index in [9.17, 15) is 4.39 Å². The summed E-state index contributed by atoms with van der Waals surface area (Å²) >= 11 is 8.87. The van der Waals surface area contributed by atoms with Gasteiger partial charge in [-0.3, -0.25) is 5.10 Å². The zero-order valence-corrected chi connectivity index (χ0v) is 8.08. The molecule has 2 rings (SSSR count). The fraction of sp³-hybridized carbons (Fsp3) is 0. The van der Waals surface area contributed by atoms with E-state index in [-0.39, 0.29) is 5.02 Å². The SMILES string of the molecule is Fc1cc(Br)c2cn[nH]c2c1Cl. The van der Waals surface area contributed by atoms with Crippen LogP contribution in [0.5, 0.6) is 0 Å². The van der Waals surface area contributed by atoms with Crippen molar-refractivity contribution in [2.24, 2.45) is 0 Å². The normalized spacial score (nSPS) is 10.9. The minimum absolute atomic E-state index is 0.0747. The van der Waals surface area contributed by atoms with E-state index < -0.39 is 5.82 Å². The second kappa shape index (κ2) is 2.71. The third-order valence-corrected chi connectivity index (χ3v) is 2.60. The Labute approximate surface area is 80.8 Å². The summed E-state index contributed by atoms with van der Waals surface area (Å²) in [5.74, 6) is -0.458. The molecule has 2 nitrogen and oxygen atoms in total. The lowest BCUT2D eigenvalue weighted by Gasteiger charge is -1.97. The van der Waals surface area contributed by atoms with Gasteiger partial charge in [0.15, 0.2) is 0 Å². The lowest BCUT2D eigenvalue weighted by molar-refractivity contribution is 0.629. The van der Waals surface area contributed by atoms with Crippen LogP contribution in [0.1, 0.15) is 0 Å². The summed E-state index contributed by atoms with van der Waals surface area (Å²) in [4.78, 5) is 0. The van der Waals surface area contributed by atoms with Gasteiger partial charge in [0.2, 0.25) is 0 Å². The van der Waals surface area contributed by atoms with E-state index in [0.29, 0.717) is 9.99 Å². The molecule has 0 radical (unpaired) electrons. The van der Waals surface area contributed by atoms with Gasteiger partial charge in [-0.25, -0.2) is 4.39 Å². The van der Waals surface area contributed by atoms with Crippen LogP contribution < -0.4 is 0 Å². The van der Waals surface area contributed by atoms with E-state index >= 15 is 0 Å². The number of nitrogens with zero attached hydrogens (tertiary/aromatic N) is 1. The second-order valence-electron chi connectivity index (χ2n) is 2.31. The van der Waals surface area contributed by atoms with Crippen molar-refractivity contribution in [3.05, 3.63) is 27.6 Å². The van der Waals surface area contributed by atoms with E-state index in [1.165, 1.54) is 6.07 Å². The second-order valence-corrected chi connectivity index (χ2v) is 3.55. The van der Waals surface area contributed by atoms with Gasteiger partial charge in [-0.1, -0.05) is 11.6 Å². The molecule has 2 aromatic rings. The van der Waals surface area contributed by atoms with Crippen molar-refractivity contribution in [2.75, 3.05) is 0 Å². The van der Waals surface area contributed by atoms with Gasteiger partial charge < -0.3 is 0 Å². The third kappa shape index (κ3) is 1.03. The highest BCUT2D eigenvalue weighted by atomic mass is 79.9. The van der Waals surface area contributed by atoms with Crippen molar-refractivity contribution in [2.45, 2.75) is 0 Å². The topological polar surface area (TPSA) is 28.7 Å². The average molecular weight is 249 g/mol. The predicted molar refractivity (Wildman–Crippen MR) is 48.8 cm³/mol. The van der Waals surface area contributed by atoms with E-state index in [1.807, 2.05) is 0 Å². The molecule has 0 aliphatic carbocycles. The molecule has 0 aliphatic heterocycles. The molecule has 5 heteroatoms. The largest absolute Gasteiger partial charge is 0.276 e. The molecule has 1 N–H and O–H groups in total. The quantitative estimate of drug-likeness (QED) is 0.714. The molecule has 0 unspecified atom stereocenters. The van der Waals surface area contributed by atoms with Crippen LogP contribution in [-0.4, -0.2) is 10.2 Å². The van der Waals surface area contributed by atoms with Crippen molar-refractivity contribution >= 4 is 38.4 Å². The number of fused-ring (bicyclic) bond motifs is 1. The maximum atomic E-state index is 13.0. The number of H-pyrrole nitrogens is 1. The van der Waals surface area contributed by atoms with Gasteiger partial charge in [-0.15, -0.1) is 0 Å². The van der Waals surface area contributed by atoms with Crippen LogP contribution in [0.15, 0.2) is 16.7 Å². The van der Waals surface area contributed by atoms with E-state index in [2.05, 4.69) is 26.1 Å². The fourth-order valence-electron chi connectivity index (χ4n) is 1.01. The first-order valence-electron chi connectivity index (χ1n) is 3.16. The Morgan fingerprint density at radius 2 is 2.33 bits per heavy atom. The van der Waals surface area contributed by atoms with Crippen LogP contribution in [0.25, 0.3) is 10.9 Å². The summed E-state index contributed by atoms with van der Waals surface area (Å²) in [6.45, 7) is 0.